The maximum Gasteiger partial charge on any atom is 0.124 e. The highest BCUT2D eigenvalue weighted by atomic mass is 79.9. The van der Waals surface area contributed by atoms with Crippen LogP contribution in [-0.2, 0) is 6.54 Å². The smallest absolute Gasteiger partial charge is 0.124 e. The predicted octanol–water partition coefficient (Wildman–Crippen LogP) is 3.47. The van der Waals surface area contributed by atoms with Crippen molar-refractivity contribution in [2.45, 2.75) is 6.54 Å². The number of halogens is 1. The lowest BCUT2D eigenvalue weighted by molar-refractivity contribution is 0.446. The van der Waals surface area contributed by atoms with Crippen LogP contribution >= 0.6 is 15.9 Å². The summed E-state index contributed by atoms with van der Waals surface area (Å²) in [5.74, 6) is 0.157. The minimum Gasteiger partial charge on any atom is -0.508 e. The van der Waals surface area contributed by atoms with E-state index in [1.54, 1.807) is 12.1 Å². The fourth-order valence-electron chi connectivity index (χ4n) is 1.47. The minimum atomic E-state index is 0.0647. The molecule has 0 aliphatic carbocycles. The van der Waals surface area contributed by atoms with Gasteiger partial charge in [-0.05, 0) is 36.4 Å². The third-order valence-corrected chi connectivity index (χ3v) is 2.92. The number of nitrogens with one attached hydrogen (secondary N) is 1. The van der Waals surface area contributed by atoms with E-state index >= 15 is 0 Å². The Kier molecular flexibility index (Phi) is 3.54. The van der Waals surface area contributed by atoms with Crippen LogP contribution in [0.5, 0.6) is 11.5 Å². The van der Waals surface area contributed by atoms with Gasteiger partial charge in [-0.15, -0.1) is 0 Å². The normalized spacial score (nSPS) is 10.2. The first-order chi connectivity index (χ1) is 8.15. The summed E-state index contributed by atoms with van der Waals surface area (Å²) in [7, 11) is 0. The third kappa shape index (κ3) is 3.14. The van der Waals surface area contributed by atoms with Crippen LogP contribution in [0.3, 0.4) is 0 Å². The van der Waals surface area contributed by atoms with E-state index in [9.17, 15) is 5.11 Å². The van der Waals surface area contributed by atoms with Crippen LogP contribution in [0.4, 0.5) is 5.69 Å². The summed E-state index contributed by atoms with van der Waals surface area (Å²) in [6.45, 7) is 0.508. The zero-order valence-corrected chi connectivity index (χ0v) is 10.6. The van der Waals surface area contributed by atoms with Crippen molar-refractivity contribution >= 4 is 21.6 Å². The molecule has 0 radical (unpaired) electrons. The van der Waals surface area contributed by atoms with Crippen molar-refractivity contribution in [3.8, 4) is 11.5 Å². The van der Waals surface area contributed by atoms with Gasteiger partial charge in [0.25, 0.3) is 0 Å². The molecule has 3 N–H and O–H groups in total. The molecule has 0 atom stereocenters. The van der Waals surface area contributed by atoms with E-state index in [0.717, 1.165) is 15.7 Å². The minimum absolute atomic E-state index is 0.0647. The lowest BCUT2D eigenvalue weighted by atomic mass is 10.2. The Labute approximate surface area is 108 Å². The fraction of sp³-hybridized carbons (Fsp3) is 0.0769. The highest BCUT2D eigenvalue weighted by Gasteiger charge is 2.01. The second-order valence-corrected chi connectivity index (χ2v) is 4.59. The Balaban J connectivity index is 2.04. The van der Waals surface area contributed by atoms with Gasteiger partial charge in [0.2, 0.25) is 0 Å². The van der Waals surface area contributed by atoms with Crippen LogP contribution in [0.15, 0.2) is 46.9 Å². The maximum absolute atomic E-state index is 9.61. The molecule has 17 heavy (non-hydrogen) atoms. The molecule has 0 amide bonds. The van der Waals surface area contributed by atoms with Gasteiger partial charge in [0.1, 0.15) is 11.5 Å². The zero-order chi connectivity index (χ0) is 12.3. The van der Waals surface area contributed by atoms with E-state index in [4.69, 9.17) is 5.11 Å². The maximum atomic E-state index is 9.61. The summed E-state index contributed by atoms with van der Waals surface area (Å²) >= 11 is 3.37. The second-order valence-electron chi connectivity index (χ2n) is 3.67. The lowest BCUT2D eigenvalue weighted by Crippen LogP contribution is -1.99. The predicted molar refractivity (Wildman–Crippen MR) is 71.2 cm³/mol. The molecule has 0 saturated heterocycles. The molecule has 0 unspecified atom stereocenters. The van der Waals surface area contributed by atoms with Crippen molar-refractivity contribution in [2.75, 3.05) is 5.32 Å². The van der Waals surface area contributed by atoms with Gasteiger partial charge in [0.15, 0.2) is 0 Å². The number of phenols is 2. The first-order valence-electron chi connectivity index (χ1n) is 5.15. The van der Waals surface area contributed by atoms with Crippen molar-refractivity contribution in [3.05, 3.63) is 52.5 Å². The van der Waals surface area contributed by atoms with Gasteiger partial charge in [0.05, 0.1) is 0 Å². The van der Waals surface area contributed by atoms with Crippen LogP contribution < -0.4 is 5.32 Å². The average molecular weight is 294 g/mol. The highest BCUT2D eigenvalue weighted by molar-refractivity contribution is 9.10. The molecular formula is C13H12BrNO2. The average Bonchev–Trinajstić information content (AvgIpc) is 2.30. The van der Waals surface area contributed by atoms with E-state index in [1.165, 1.54) is 6.07 Å². The summed E-state index contributed by atoms with van der Waals surface area (Å²) in [5.41, 5.74) is 1.71. The number of hydrogen-bond acceptors (Lipinski definition) is 3. The molecule has 0 saturated carbocycles. The Morgan fingerprint density at radius 2 is 1.71 bits per heavy atom. The van der Waals surface area contributed by atoms with Gasteiger partial charge in [-0.2, -0.15) is 0 Å². The van der Waals surface area contributed by atoms with E-state index in [0.29, 0.717) is 6.54 Å². The SMILES string of the molecule is Oc1ccc(CNc2ccc(Br)cc2)c(O)c1. The molecule has 0 aromatic heterocycles. The van der Waals surface area contributed by atoms with E-state index in [2.05, 4.69) is 21.2 Å². The molecule has 2 rings (SSSR count). The van der Waals surface area contributed by atoms with Crippen molar-refractivity contribution in [3.63, 3.8) is 0 Å². The first-order valence-corrected chi connectivity index (χ1v) is 5.95. The number of hydrogen-bond donors (Lipinski definition) is 3. The number of aromatic hydroxyl groups is 2. The molecular weight excluding hydrogens is 282 g/mol. The fourth-order valence-corrected chi connectivity index (χ4v) is 1.73. The number of phenolic OH excluding ortho intramolecular Hbond substituents is 2. The number of rotatable bonds is 3. The van der Waals surface area contributed by atoms with Crippen molar-refractivity contribution in [2.24, 2.45) is 0 Å². The Morgan fingerprint density at radius 3 is 2.35 bits per heavy atom. The number of anilines is 1. The standard InChI is InChI=1S/C13H12BrNO2/c14-10-2-4-11(5-3-10)15-8-9-1-6-12(16)7-13(9)17/h1-7,15-17H,8H2. The van der Waals surface area contributed by atoms with Crippen molar-refractivity contribution < 1.29 is 10.2 Å². The summed E-state index contributed by atoms with van der Waals surface area (Å²) in [5, 5.41) is 22.0. The monoisotopic (exact) mass is 293 g/mol. The molecule has 2 aromatic rings. The van der Waals surface area contributed by atoms with Crippen LogP contribution in [0, 0.1) is 0 Å². The molecule has 0 heterocycles. The molecule has 88 valence electrons. The lowest BCUT2D eigenvalue weighted by Gasteiger charge is -2.08. The van der Waals surface area contributed by atoms with Crippen LogP contribution in [0.2, 0.25) is 0 Å². The Hall–Kier alpha value is -1.68. The van der Waals surface area contributed by atoms with Crippen LogP contribution in [0.1, 0.15) is 5.56 Å². The first kappa shape index (κ1) is 11.8. The van der Waals surface area contributed by atoms with Gasteiger partial charge in [-0.1, -0.05) is 15.9 Å². The Bertz CT molecular complexity index is 511. The molecule has 0 spiro atoms. The largest absolute Gasteiger partial charge is 0.508 e. The summed E-state index contributed by atoms with van der Waals surface area (Å²) in [6.07, 6.45) is 0. The van der Waals surface area contributed by atoms with Gasteiger partial charge in [-0.3, -0.25) is 0 Å². The molecule has 0 aliphatic heterocycles. The van der Waals surface area contributed by atoms with Crippen LogP contribution in [0.25, 0.3) is 0 Å². The van der Waals surface area contributed by atoms with Gasteiger partial charge in [-0.25, -0.2) is 0 Å². The Morgan fingerprint density at radius 1 is 1.00 bits per heavy atom. The van der Waals surface area contributed by atoms with Gasteiger partial charge < -0.3 is 15.5 Å². The molecule has 2 aromatic carbocycles. The quantitative estimate of drug-likeness (QED) is 0.812. The van der Waals surface area contributed by atoms with E-state index in [-0.39, 0.29) is 11.5 Å². The molecule has 4 heteroatoms. The highest BCUT2D eigenvalue weighted by Crippen LogP contribution is 2.23. The summed E-state index contributed by atoms with van der Waals surface area (Å²) < 4.78 is 1.02. The third-order valence-electron chi connectivity index (χ3n) is 2.40. The van der Waals surface area contributed by atoms with E-state index in [1.807, 2.05) is 24.3 Å². The summed E-state index contributed by atoms with van der Waals surface area (Å²) in [6, 6.07) is 12.4. The van der Waals surface area contributed by atoms with Crippen molar-refractivity contribution in [1.29, 1.82) is 0 Å². The van der Waals surface area contributed by atoms with Gasteiger partial charge in [0, 0.05) is 28.3 Å². The molecule has 0 aliphatic rings. The van der Waals surface area contributed by atoms with Crippen molar-refractivity contribution in [1.82, 2.24) is 0 Å². The molecule has 3 nitrogen and oxygen atoms in total. The topological polar surface area (TPSA) is 52.5 Å². The van der Waals surface area contributed by atoms with Gasteiger partial charge >= 0.3 is 0 Å². The zero-order valence-electron chi connectivity index (χ0n) is 9.02. The molecule has 0 fully saturated rings. The molecule has 0 bridgehead atoms. The summed E-state index contributed by atoms with van der Waals surface area (Å²) in [4.78, 5) is 0. The van der Waals surface area contributed by atoms with E-state index < -0.39 is 0 Å². The van der Waals surface area contributed by atoms with Crippen LogP contribution in [-0.4, -0.2) is 10.2 Å². The second kappa shape index (κ2) is 5.10. The number of benzene rings is 2.